The van der Waals surface area contributed by atoms with Crippen LogP contribution in [0.15, 0.2) is 18.2 Å². The average Bonchev–Trinajstić information content (AvgIpc) is 2.22. The van der Waals surface area contributed by atoms with Gasteiger partial charge in [0.25, 0.3) is 0 Å². The minimum atomic E-state index is -0.480. The molecule has 2 N–H and O–H groups in total. The van der Waals surface area contributed by atoms with Gasteiger partial charge in [-0.2, -0.15) is 0 Å². The number of rotatable bonds is 4. The van der Waals surface area contributed by atoms with E-state index >= 15 is 0 Å². The fraction of sp³-hybridized carbons (Fsp3) is 0.500. The highest BCUT2D eigenvalue weighted by Gasteiger charge is 2.15. The van der Waals surface area contributed by atoms with Crippen molar-refractivity contribution in [2.45, 2.75) is 26.4 Å². The summed E-state index contributed by atoms with van der Waals surface area (Å²) in [5.41, 5.74) is -0.480. The Morgan fingerprint density at radius 3 is 2.72 bits per heavy atom. The zero-order valence-corrected chi connectivity index (χ0v) is 11.5. The molecule has 0 saturated heterocycles. The molecule has 18 heavy (non-hydrogen) atoms. The molecule has 0 aromatic carbocycles. The Labute approximate surface area is 112 Å². The molecule has 100 valence electrons. The van der Waals surface area contributed by atoms with Crippen LogP contribution in [0.3, 0.4) is 0 Å². The van der Waals surface area contributed by atoms with E-state index in [1.807, 2.05) is 20.8 Å². The van der Waals surface area contributed by atoms with Gasteiger partial charge in [0.05, 0.1) is 0 Å². The van der Waals surface area contributed by atoms with Crippen LogP contribution in [-0.2, 0) is 4.74 Å². The predicted molar refractivity (Wildman–Crippen MR) is 72.0 cm³/mol. The minimum absolute atomic E-state index is 0.427. The number of carbonyl (C=O) groups is 1. The maximum absolute atomic E-state index is 11.3. The first kappa shape index (κ1) is 14.6. The van der Waals surface area contributed by atoms with E-state index in [-0.39, 0.29) is 0 Å². The van der Waals surface area contributed by atoms with Crippen LogP contribution in [0.5, 0.6) is 0 Å². The molecule has 1 rings (SSSR count). The van der Waals surface area contributed by atoms with Gasteiger partial charge in [-0.1, -0.05) is 17.7 Å². The molecule has 0 spiro atoms. The summed E-state index contributed by atoms with van der Waals surface area (Å²) in [5.74, 6) is 0.675. The Kier molecular flexibility index (Phi) is 5.22. The fourth-order valence-corrected chi connectivity index (χ4v) is 1.34. The van der Waals surface area contributed by atoms with E-state index < -0.39 is 11.7 Å². The smallest absolute Gasteiger partial charge is 0.407 e. The Morgan fingerprint density at radius 1 is 1.39 bits per heavy atom. The van der Waals surface area contributed by atoms with Crippen LogP contribution in [-0.4, -0.2) is 29.8 Å². The largest absolute Gasteiger partial charge is 0.444 e. The quantitative estimate of drug-likeness (QED) is 0.653. The highest BCUT2D eigenvalue weighted by molar-refractivity contribution is 6.29. The minimum Gasteiger partial charge on any atom is -0.444 e. The van der Waals surface area contributed by atoms with Gasteiger partial charge in [-0.15, -0.1) is 0 Å². The van der Waals surface area contributed by atoms with Crippen molar-refractivity contribution in [2.24, 2.45) is 0 Å². The second kappa shape index (κ2) is 6.44. The number of pyridine rings is 1. The number of ether oxygens (including phenoxy) is 1. The summed E-state index contributed by atoms with van der Waals surface area (Å²) in [6.07, 6.45) is -0.427. The molecule has 0 fully saturated rings. The molecule has 1 aromatic heterocycles. The van der Waals surface area contributed by atoms with Crippen molar-refractivity contribution in [3.63, 3.8) is 0 Å². The van der Waals surface area contributed by atoms with Crippen molar-refractivity contribution < 1.29 is 9.53 Å². The van der Waals surface area contributed by atoms with Crippen LogP contribution in [0.1, 0.15) is 20.8 Å². The van der Waals surface area contributed by atoms with Gasteiger partial charge in [0.15, 0.2) is 0 Å². The molecule has 1 heterocycles. The second-order valence-electron chi connectivity index (χ2n) is 4.70. The van der Waals surface area contributed by atoms with Crippen molar-refractivity contribution in [2.75, 3.05) is 18.4 Å². The van der Waals surface area contributed by atoms with Gasteiger partial charge in [-0.25, -0.2) is 9.78 Å². The topological polar surface area (TPSA) is 63.2 Å². The molecule has 0 aliphatic heterocycles. The van der Waals surface area contributed by atoms with Crippen LogP contribution in [0.2, 0.25) is 5.15 Å². The van der Waals surface area contributed by atoms with Crippen LogP contribution < -0.4 is 10.6 Å². The first-order chi connectivity index (χ1) is 8.37. The standard InChI is InChI=1S/C12H18ClN3O2/c1-12(2,3)18-11(17)15-8-7-14-10-6-4-5-9(13)16-10/h4-6H,7-8H2,1-3H3,(H,14,16)(H,15,17). The number of nitrogens with one attached hydrogen (secondary N) is 2. The van der Waals surface area contributed by atoms with Crippen LogP contribution in [0, 0.1) is 0 Å². The predicted octanol–water partition coefficient (Wildman–Crippen LogP) is 2.67. The van der Waals surface area contributed by atoms with E-state index in [2.05, 4.69) is 15.6 Å². The van der Waals surface area contributed by atoms with E-state index in [0.29, 0.717) is 24.1 Å². The Hall–Kier alpha value is -1.49. The molecular weight excluding hydrogens is 254 g/mol. The Balaban J connectivity index is 2.21. The van der Waals surface area contributed by atoms with E-state index in [1.54, 1.807) is 18.2 Å². The average molecular weight is 272 g/mol. The number of carbonyl (C=O) groups excluding carboxylic acids is 1. The number of aromatic nitrogens is 1. The van der Waals surface area contributed by atoms with E-state index in [1.165, 1.54) is 0 Å². The Morgan fingerprint density at radius 2 is 2.11 bits per heavy atom. The van der Waals surface area contributed by atoms with Gasteiger partial charge in [0.2, 0.25) is 0 Å². The molecule has 5 nitrogen and oxygen atoms in total. The summed E-state index contributed by atoms with van der Waals surface area (Å²) in [5, 5.41) is 6.11. The molecular formula is C12H18ClN3O2. The third-order valence-electron chi connectivity index (χ3n) is 1.81. The lowest BCUT2D eigenvalue weighted by atomic mass is 10.2. The summed E-state index contributed by atoms with van der Waals surface area (Å²) in [7, 11) is 0. The highest BCUT2D eigenvalue weighted by Crippen LogP contribution is 2.08. The monoisotopic (exact) mass is 271 g/mol. The van der Waals surface area contributed by atoms with Gasteiger partial charge >= 0.3 is 6.09 Å². The van der Waals surface area contributed by atoms with Crippen LogP contribution in [0.4, 0.5) is 10.6 Å². The number of hydrogen-bond acceptors (Lipinski definition) is 4. The maximum atomic E-state index is 11.3. The molecule has 0 radical (unpaired) electrons. The lowest BCUT2D eigenvalue weighted by Gasteiger charge is -2.19. The maximum Gasteiger partial charge on any atom is 0.407 e. The first-order valence-corrected chi connectivity index (χ1v) is 6.08. The lowest BCUT2D eigenvalue weighted by molar-refractivity contribution is 0.0530. The van der Waals surface area contributed by atoms with Gasteiger partial charge in [-0.05, 0) is 32.9 Å². The summed E-state index contributed by atoms with van der Waals surface area (Å²) in [6.45, 7) is 6.46. The second-order valence-corrected chi connectivity index (χ2v) is 5.09. The van der Waals surface area contributed by atoms with Crippen molar-refractivity contribution in [1.29, 1.82) is 0 Å². The van der Waals surface area contributed by atoms with Crippen LogP contribution >= 0.6 is 11.6 Å². The molecule has 0 saturated carbocycles. The van der Waals surface area contributed by atoms with Crippen molar-refractivity contribution >= 4 is 23.5 Å². The zero-order valence-electron chi connectivity index (χ0n) is 10.8. The molecule has 1 amide bonds. The van der Waals surface area contributed by atoms with Crippen molar-refractivity contribution in [3.05, 3.63) is 23.4 Å². The van der Waals surface area contributed by atoms with E-state index in [0.717, 1.165) is 0 Å². The summed E-state index contributed by atoms with van der Waals surface area (Å²) in [4.78, 5) is 15.4. The molecule has 0 aliphatic rings. The summed E-state index contributed by atoms with van der Waals surface area (Å²) < 4.78 is 5.09. The third-order valence-corrected chi connectivity index (χ3v) is 2.02. The molecule has 0 unspecified atom stereocenters. The highest BCUT2D eigenvalue weighted by atomic mass is 35.5. The van der Waals surface area contributed by atoms with Gasteiger partial charge in [-0.3, -0.25) is 0 Å². The summed E-state index contributed by atoms with van der Waals surface area (Å²) in [6, 6.07) is 5.31. The van der Waals surface area contributed by atoms with Crippen molar-refractivity contribution in [1.82, 2.24) is 10.3 Å². The van der Waals surface area contributed by atoms with E-state index in [4.69, 9.17) is 16.3 Å². The first-order valence-electron chi connectivity index (χ1n) is 5.70. The normalized spacial score (nSPS) is 10.9. The number of hydrogen-bond donors (Lipinski definition) is 2. The number of anilines is 1. The molecule has 0 atom stereocenters. The van der Waals surface area contributed by atoms with Gasteiger partial charge in [0.1, 0.15) is 16.6 Å². The summed E-state index contributed by atoms with van der Waals surface area (Å²) >= 11 is 5.74. The van der Waals surface area contributed by atoms with E-state index in [9.17, 15) is 4.79 Å². The molecule has 6 heteroatoms. The Bertz CT molecular complexity index is 405. The fourth-order valence-electron chi connectivity index (χ4n) is 1.18. The number of alkyl carbamates (subject to hydrolysis) is 1. The zero-order chi connectivity index (χ0) is 13.6. The molecule has 1 aromatic rings. The number of halogens is 1. The number of amides is 1. The molecule has 0 bridgehead atoms. The lowest BCUT2D eigenvalue weighted by Crippen LogP contribution is -2.35. The van der Waals surface area contributed by atoms with Crippen LogP contribution in [0.25, 0.3) is 0 Å². The van der Waals surface area contributed by atoms with Gasteiger partial charge in [0, 0.05) is 13.1 Å². The van der Waals surface area contributed by atoms with Crippen molar-refractivity contribution in [3.8, 4) is 0 Å². The number of nitrogens with zero attached hydrogens (tertiary/aromatic N) is 1. The molecule has 0 aliphatic carbocycles. The van der Waals surface area contributed by atoms with Gasteiger partial charge < -0.3 is 15.4 Å². The SMILES string of the molecule is CC(C)(C)OC(=O)NCCNc1cccc(Cl)n1. The third kappa shape index (κ3) is 6.30.